The van der Waals surface area contributed by atoms with Crippen LogP contribution in [0.4, 0.5) is 4.39 Å². The Hall–Kier alpha value is -1.24. The zero-order chi connectivity index (χ0) is 13.9. The van der Waals surface area contributed by atoms with Gasteiger partial charge in [-0.2, -0.15) is 0 Å². The molecule has 0 aliphatic carbocycles. The van der Waals surface area contributed by atoms with Gasteiger partial charge in [-0.05, 0) is 23.8 Å². The van der Waals surface area contributed by atoms with E-state index in [0.717, 1.165) is 11.6 Å². The molecule has 0 saturated carbocycles. The summed E-state index contributed by atoms with van der Waals surface area (Å²) in [5.74, 6) is -0.782. The van der Waals surface area contributed by atoms with Crippen LogP contribution in [-0.4, -0.2) is 8.42 Å². The highest BCUT2D eigenvalue weighted by Gasteiger charge is 2.18. The summed E-state index contributed by atoms with van der Waals surface area (Å²) < 4.78 is 40.4. The lowest BCUT2D eigenvalue weighted by Gasteiger charge is -2.08. The quantitative estimate of drug-likeness (QED) is 0.927. The normalized spacial score (nSPS) is 11.5. The number of sulfonamides is 1. The first kappa shape index (κ1) is 14.2. The molecule has 0 atom stereocenters. The summed E-state index contributed by atoms with van der Waals surface area (Å²) in [7, 11) is -3.85. The highest BCUT2D eigenvalue weighted by Crippen LogP contribution is 2.19. The van der Waals surface area contributed by atoms with Crippen molar-refractivity contribution in [3.05, 3.63) is 64.4 Å². The van der Waals surface area contributed by atoms with Gasteiger partial charge >= 0.3 is 0 Å². The summed E-state index contributed by atoms with van der Waals surface area (Å²) in [5.41, 5.74) is 0.809. The number of halogens is 2. The molecule has 1 N–H and O–H groups in total. The highest BCUT2D eigenvalue weighted by molar-refractivity contribution is 9.10. The lowest BCUT2D eigenvalue weighted by Crippen LogP contribution is -2.24. The van der Waals surface area contributed by atoms with E-state index in [4.69, 9.17) is 0 Å². The minimum absolute atomic E-state index is 0.124. The SMILES string of the molecule is O=S(=O)(NCc1ccccc1)c1ccc(Br)cc1F. The van der Waals surface area contributed by atoms with E-state index in [1.807, 2.05) is 18.2 Å². The van der Waals surface area contributed by atoms with Crippen LogP contribution in [0.25, 0.3) is 0 Å². The minimum atomic E-state index is -3.85. The van der Waals surface area contributed by atoms with Gasteiger partial charge in [0.25, 0.3) is 0 Å². The van der Waals surface area contributed by atoms with Crippen molar-refractivity contribution in [1.82, 2.24) is 4.72 Å². The molecule has 19 heavy (non-hydrogen) atoms. The molecule has 0 fully saturated rings. The Morgan fingerprint density at radius 1 is 1.11 bits per heavy atom. The fourth-order valence-corrected chi connectivity index (χ4v) is 2.95. The van der Waals surface area contributed by atoms with Gasteiger partial charge in [0, 0.05) is 11.0 Å². The van der Waals surface area contributed by atoms with Gasteiger partial charge < -0.3 is 0 Å². The molecule has 2 aromatic carbocycles. The number of nitrogens with one attached hydrogen (secondary N) is 1. The minimum Gasteiger partial charge on any atom is -0.207 e. The van der Waals surface area contributed by atoms with Gasteiger partial charge in [0.1, 0.15) is 10.7 Å². The van der Waals surface area contributed by atoms with Crippen LogP contribution in [0, 0.1) is 5.82 Å². The monoisotopic (exact) mass is 343 g/mol. The van der Waals surface area contributed by atoms with Crippen LogP contribution in [0.15, 0.2) is 57.9 Å². The molecule has 0 bridgehead atoms. The first-order valence-corrected chi connectivity index (χ1v) is 7.75. The molecule has 0 saturated heterocycles. The number of rotatable bonds is 4. The second-order valence-corrected chi connectivity index (χ2v) is 6.54. The molecular weight excluding hydrogens is 333 g/mol. The molecule has 6 heteroatoms. The van der Waals surface area contributed by atoms with Gasteiger partial charge in [-0.15, -0.1) is 0 Å². The highest BCUT2D eigenvalue weighted by atomic mass is 79.9. The fourth-order valence-electron chi connectivity index (χ4n) is 1.55. The van der Waals surface area contributed by atoms with Crippen molar-refractivity contribution in [3.63, 3.8) is 0 Å². The summed E-state index contributed by atoms with van der Waals surface area (Å²) in [5, 5.41) is 0. The number of hydrogen-bond donors (Lipinski definition) is 1. The van der Waals surface area contributed by atoms with E-state index in [0.29, 0.717) is 4.47 Å². The fraction of sp³-hybridized carbons (Fsp3) is 0.0769. The molecule has 0 spiro atoms. The Balaban J connectivity index is 2.19. The maximum Gasteiger partial charge on any atom is 0.243 e. The number of hydrogen-bond acceptors (Lipinski definition) is 2. The molecular formula is C13H11BrFNO2S. The largest absolute Gasteiger partial charge is 0.243 e. The van der Waals surface area contributed by atoms with E-state index in [2.05, 4.69) is 20.7 Å². The van der Waals surface area contributed by atoms with Crippen molar-refractivity contribution < 1.29 is 12.8 Å². The predicted octanol–water partition coefficient (Wildman–Crippen LogP) is 3.07. The van der Waals surface area contributed by atoms with Crippen molar-refractivity contribution in [2.45, 2.75) is 11.4 Å². The van der Waals surface area contributed by atoms with E-state index < -0.39 is 15.8 Å². The lowest BCUT2D eigenvalue weighted by atomic mass is 10.2. The molecule has 2 rings (SSSR count). The van der Waals surface area contributed by atoms with E-state index >= 15 is 0 Å². The first-order chi connectivity index (χ1) is 8.99. The first-order valence-electron chi connectivity index (χ1n) is 5.48. The molecule has 0 aromatic heterocycles. The van der Waals surface area contributed by atoms with Crippen LogP contribution in [0.1, 0.15) is 5.56 Å². The summed E-state index contributed by atoms with van der Waals surface area (Å²) >= 11 is 3.08. The van der Waals surface area contributed by atoms with Crippen LogP contribution in [0.5, 0.6) is 0 Å². The molecule has 0 unspecified atom stereocenters. The standard InChI is InChI=1S/C13H11BrFNO2S/c14-11-6-7-13(12(15)8-11)19(17,18)16-9-10-4-2-1-3-5-10/h1-8,16H,9H2. The van der Waals surface area contributed by atoms with Crippen molar-refractivity contribution in [1.29, 1.82) is 0 Å². The Labute approximate surface area is 119 Å². The number of benzene rings is 2. The Kier molecular flexibility index (Phi) is 4.34. The van der Waals surface area contributed by atoms with Gasteiger partial charge in [-0.1, -0.05) is 46.3 Å². The van der Waals surface area contributed by atoms with Gasteiger partial charge in [0.15, 0.2) is 0 Å². The van der Waals surface area contributed by atoms with Gasteiger partial charge in [-0.3, -0.25) is 0 Å². The zero-order valence-corrected chi connectivity index (χ0v) is 12.2. The average Bonchev–Trinajstić information content (AvgIpc) is 2.37. The summed E-state index contributed by atoms with van der Waals surface area (Å²) in [6.45, 7) is 0.124. The third-order valence-corrected chi connectivity index (χ3v) is 4.42. The van der Waals surface area contributed by atoms with Crippen molar-refractivity contribution in [2.75, 3.05) is 0 Å². The predicted molar refractivity (Wildman–Crippen MR) is 74.6 cm³/mol. The van der Waals surface area contributed by atoms with Crippen molar-refractivity contribution >= 4 is 26.0 Å². The van der Waals surface area contributed by atoms with Crippen LogP contribution in [0.2, 0.25) is 0 Å². The van der Waals surface area contributed by atoms with Gasteiger partial charge in [0.05, 0.1) is 0 Å². The zero-order valence-electron chi connectivity index (χ0n) is 9.81. The van der Waals surface area contributed by atoms with Crippen LogP contribution in [-0.2, 0) is 16.6 Å². The second kappa shape index (κ2) is 5.81. The molecule has 100 valence electrons. The average molecular weight is 344 g/mol. The Bertz CT molecular complexity index is 674. The third-order valence-electron chi connectivity index (χ3n) is 2.49. The molecule has 0 radical (unpaired) electrons. The van der Waals surface area contributed by atoms with Gasteiger partial charge in [-0.25, -0.2) is 17.5 Å². The lowest BCUT2D eigenvalue weighted by molar-refractivity contribution is 0.556. The van der Waals surface area contributed by atoms with E-state index in [1.54, 1.807) is 12.1 Å². The molecule has 0 heterocycles. The molecule has 0 aliphatic rings. The van der Waals surface area contributed by atoms with Crippen LogP contribution in [0.3, 0.4) is 0 Å². The molecule has 0 aliphatic heterocycles. The Morgan fingerprint density at radius 3 is 2.42 bits per heavy atom. The Morgan fingerprint density at radius 2 is 1.79 bits per heavy atom. The van der Waals surface area contributed by atoms with Crippen LogP contribution >= 0.6 is 15.9 Å². The molecule has 0 amide bonds. The maximum atomic E-state index is 13.6. The summed E-state index contributed by atoms with van der Waals surface area (Å²) in [4.78, 5) is -0.355. The van der Waals surface area contributed by atoms with Crippen molar-refractivity contribution in [3.8, 4) is 0 Å². The molecule has 3 nitrogen and oxygen atoms in total. The topological polar surface area (TPSA) is 46.2 Å². The third kappa shape index (κ3) is 3.62. The molecule has 2 aromatic rings. The summed E-state index contributed by atoms with van der Waals surface area (Å²) in [6.07, 6.45) is 0. The van der Waals surface area contributed by atoms with E-state index in [9.17, 15) is 12.8 Å². The van der Waals surface area contributed by atoms with E-state index in [1.165, 1.54) is 12.1 Å². The summed E-state index contributed by atoms with van der Waals surface area (Å²) in [6, 6.07) is 12.9. The van der Waals surface area contributed by atoms with Gasteiger partial charge in [0.2, 0.25) is 10.0 Å². The smallest absolute Gasteiger partial charge is 0.207 e. The van der Waals surface area contributed by atoms with Crippen LogP contribution < -0.4 is 4.72 Å². The maximum absolute atomic E-state index is 13.6. The second-order valence-electron chi connectivity index (χ2n) is 3.88. The van der Waals surface area contributed by atoms with Crippen molar-refractivity contribution in [2.24, 2.45) is 0 Å². The van der Waals surface area contributed by atoms with E-state index in [-0.39, 0.29) is 11.4 Å².